The highest BCUT2D eigenvalue weighted by Gasteiger charge is 2.13. The summed E-state index contributed by atoms with van der Waals surface area (Å²) in [5.74, 6) is 1.65. The van der Waals surface area contributed by atoms with Crippen molar-refractivity contribution in [2.45, 2.75) is 40.3 Å². The normalized spacial score (nSPS) is 13.5. The minimum Gasteiger partial charge on any atom is -0.465 e. The first-order valence-corrected chi connectivity index (χ1v) is 7.16. The Balaban J connectivity index is 1.89. The van der Waals surface area contributed by atoms with Gasteiger partial charge in [0, 0.05) is 0 Å². The van der Waals surface area contributed by atoms with Gasteiger partial charge in [0.05, 0.1) is 0 Å². The van der Waals surface area contributed by atoms with Crippen molar-refractivity contribution >= 4 is 0 Å². The Kier molecular flexibility index (Phi) is 5.23. The lowest BCUT2D eigenvalue weighted by Crippen LogP contribution is -2.26. The van der Waals surface area contributed by atoms with E-state index < -0.39 is 0 Å². The van der Waals surface area contributed by atoms with E-state index in [1.807, 2.05) is 76.2 Å². The van der Waals surface area contributed by atoms with Crippen molar-refractivity contribution in [2.75, 3.05) is 0 Å². The fraction of sp³-hybridized carbons (Fsp3) is 0.333. The Morgan fingerprint density at radius 3 is 1.43 bits per heavy atom. The summed E-state index contributed by atoms with van der Waals surface area (Å²) in [5, 5.41) is 0. The summed E-state index contributed by atoms with van der Waals surface area (Å²) in [6.45, 7) is 7.75. The van der Waals surface area contributed by atoms with Crippen molar-refractivity contribution in [3.63, 3.8) is 0 Å². The molecule has 2 aromatic rings. The smallest absolute Gasteiger partial charge is 0.200 e. The number of aryl methyl sites for hydroxylation is 2. The summed E-state index contributed by atoms with van der Waals surface area (Å²) in [7, 11) is 0. The van der Waals surface area contributed by atoms with Gasteiger partial charge in [0.15, 0.2) is 0 Å². The van der Waals surface area contributed by atoms with Gasteiger partial charge < -0.3 is 14.2 Å². The molecule has 0 aliphatic heterocycles. The van der Waals surface area contributed by atoms with Crippen LogP contribution in [0.1, 0.15) is 25.0 Å². The second-order valence-corrected chi connectivity index (χ2v) is 5.04. The van der Waals surface area contributed by atoms with E-state index in [1.54, 1.807) is 0 Å². The van der Waals surface area contributed by atoms with Gasteiger partial charge in [-0.3, -0.25) is 0 Å². The lowest BCUT2D eigenvalue weighted by atomic mass is 10.2. The van der Waals surface area contributed by atoms with E-state index in [1.165, 1.54) is 0 Å². The quantitative estimate of drug-likeness (QED) is 0.733. The molecule has 0 saturated carbocycles. The van der Waals surface area contributed by atoms with Crippen LogP contribution in [0.3, 0.4) is 0 Å². The van der Waals surface area contributed by atoms with Gasteiger partial charge in [-0.1, -0.05) is 36.4 Å². The largest absolute Gasteiger partial charge is 0.465 e. The van der Waals surface area contributed by atoms with E-state index >= 15 is 0 Å². The van der Waals surface area contributed by atoms with Crippen LogP contribution in [0.25, 0.3) is 0 Å². The Hall–Kier alpha value is -2.00. The molecule has 0 spiro atoms. The molecular weight excluding hydrogens is 264 g/mol. The second-order valence-electron chi connectivity index (χ2n) is 5.04. The van der Waals surface area contributed by atoms with Crippen molar-refractivity contribution in [2.24, 2.45) is 0 Å². The minimum atomic E-state index is -0.384. The van der Waals surface area contributed by atoms with Crippen molar-refractivity contribution in [1.82, 2.24) is 0 Å². The third-order valence-electron chi connectivity index (χ3n) is 3.16. The first-order valence-electron chi connectivity index (χ1n) is 7.16. The molecule has 2 atom stereocenters. The van der Waals surface area contributed by atoms with Crippen LogP contribution in [0.15, 0.2) is 48.5 Å². The van der Waals surface area contributed by atoms with E-state index in [0.29, 0.717) is 0 Å². The molecule has 0 bridgehead atoms. The van der Waals surface area contributed by atoms with Gasteiger partial charge in [-0.05, 0) is 51.0 Å². The molecule has 0 fully saturated rings. The maximum Gasteiger partial charge on any atom is 0.200 e. The van der Waals surface area contributed by atoms with Crippen molar-refractivity contribution < 1.29 is 14.2 Å². The van der Waals surface area contributed by atoms with Gasteiger partial charge in [0.25, 0.3) is 0 Å². The third-order valence-corrected chi connectivity index (χ3v) is 3.16. The molecule has 2 unspecified atom stereocenters. The first-order chi connectivity index (χ1) is 10.1. The van der Waals surface area contributed by atoms with Gasteiger partial charge in [-0.15, -0.1) is 0 Å². The van der Waals surface area contributed by atoms with Gasteiger partial charge in [0.1, 0.15) is 11.5 Å². The van der Waals surface area contributed by atoms with Gasteiger partial charge in [0.2, 0.25) is 12.6 Å². The summed E-state index contributed by atoms with van der Waals surface area (Å²) in [5.41, 5.74) is 2.17. The van der Waals surface area contributed by atoms with Gasteiger partial charge in [-0.2, -0.15) is 0 Å². The van der Waals surface area contributed by atoms with E-state index in [2.05, 4.69) is 0 Å². The van der Waals surface area contributed by atoms with Crippen LogP contribution in [0.5, 0.6) is 11.5 Å². The Labute approximate surface area is 126 Å². The summed E-state index contributed by atoms with van der Waals surface area (Å²) in [4.78, 5) is 0. The van der Waals surface area contributed by atoms with Crippen LogP contribution in [0.4, 0.5) is 0 Å². The fourth-order valence-electron chi connectivity index (χ4n) is 2.06. The first kappa shape index (κ1) is 15.4. The highest BCUT2D eigenvalue weighted by Crippen LogP contribution is 2.21. The number of rotatable bonds is 6. The van der Waals surface area contributed by atoms with Gasteiger partial charge in [-0.25, -0.2) is 0 Å². The molecule has 3 nitrogen and oxygen atoms in total. The zero-order valence-corrected chi connectivity index (χ0v) is 13.0. The SMILES string of the molecule is Cc1ccccc1OC(C)OC(C)Oc1ccccc1C. The van der Waals surface area contributed by atoms with Crippen LogP contribution in [0, 0.1) is 13.8 Å². The molecule has 2 aromatic carbocycles. The zero-order valence-electron chi connectivity index (χ0n) is 13.0. The molecule has 2 rings (SSSR count). The molecule has 0 aliphatic rings. The van der Waals surface area contributed by atoms with E-state index in [-0.39, 0.29) is 12.6 Å². The molecular formula is C18H22O3. The molecule has 0 heterocycles. The molecule has 112 valence electrons. The molecule has 21 heavy (non-hydrogen) atoms. The molecule has 0 radical (unpaired) electrons. The van der Waals surface area contributed by atoms with E-state index in [0.717, 1.165) is 22.6 Å². The molecule has 3 heteroatoms. The maximum atomic E-state index is 5.78. The molecule has 0 saturated heterocycles. The van der Waals surface area contributed by atoms with Crippen LogP contribution < -0.4 is 9.47 Å². The fourth-order valence-corrected chi connectivity index (χ4v) is 2.06. The lowest BCUT2D eigenvalue weighted by molar-refractivity contribution is -0.168. The van der Waals surface area contributed by atoms with E-state index in [9.17, 15) is 0 Å². The van der Waals surface area contributed by atoms with Crippen LogP contribution >= 0.6 is 0 Å². The van der Waals surface area contributed by atoms with E-state index in [4.69, 9.17) is 14.2 Å². The Bertz CT molecular complexity index is 529. The average molecular weight is 286 g/mol. The van der Waals surface area contributed by atoms with Crippen LogP contribution in [-0.2, 0) is 4.74 Å². The Morgan fingerprint density at radius 2 is 1.05 bits per heavy atom. The monoisotopic (exact) mass is 286 g/mol. The predicted octanol–water partition coefficient (Wildman–Crippen LogP) is 4.47. The summed E-state index contributed by atoms with van der Waals surface area (Å²) >= 11 is 0. The highest BCUT2D eigenvalue weighted by molar-refractivity contribution is 5.32. The lowest BCUT2D eigenvalue weighted by Gasteiger charge is -2.22. The third kappa shape index (κ3) is 4.50. The molecule has 0 aliphatic carbocycles. The second kappa shape index (κ2) is 7.14. The summed E-state index contributed by atoms with van der Waals surface area (Å²) in [6, 6.07) is 15.7. The number of hydrogen-bond donors (Lipinski definition) is 0. The topological polar surface area (TPSA) is 27.7 Å². The number of ether oxygens (including phenoxy) is 3. The molecule has 0 N–H and O–H groups in total. The van der Waals surface area contributed by atoms with Crippen molar-refractivity contribution in [1.29, 1.82) is 0 Å². The zero-order chi connectivity index (χ0) is 15.2. The molecule has 0 aromatic heterocycles. The number of benzene rings is 2. The standard InChI is InChI=1S/C18H22O3/c1-13-9-5-7-11-17(13)20-15(3)19-16(4)21-18-12-8-6-10-14(18)2/h5-12,15-16H,1-4H3. The highest BCUT2D eigenvalue weighted by atomic mass is 16.8. The average Bonchev–Trinajstić information content (AvgIpc) is 2.44. The number of hydrogen-bond acceptors (Lipinski definition) is 3. The van der Waals surface area contributed by atoms with Crippen molar-refractivity contribution in [3.05, 3.63) is 59.7 Å². The van der Waals surface area contributed by atoms with Gasteiger partial charge >= 0.3 is 0 Å². The molecule has 0 amide bonds. The minimum absolute atomic E-state index is 0.384. The van der Waals surface area contributed by atoms with Crippen LogP contribution in [-0.4, -0.2) is 12.6 Å². The van der Waals surface area contributed by atoms with Crippen molar-refractivity contribution in [3.8, 4) is 11.5 Å². The maximum absolute atomic E-state index is 5.78. The summed E-state index contributed by atoms with van der Waals surface area (Å²) < 4.78 is 17.3. The summed E-state index contributed by atoms with van der Waals surface area (Å²) in [6.07, 6.45) is -0.768. The van der Waals surface area contributed by atoms with Crippen LogP contribution in [0.2, 0.25) is 0 Å². The predicted molar refractivity (Wildman–Crippen MR) is 83.6 cm³/mol. The Morgan fingerprint density at radius 1 is 0.667 bits per heavy atom. The number of para-hydroxylation sites is 2.